The second kappa shape index (κ2) is 9.34. The van der Waals surface area contributed by atoms with Crippen LogP contribution < -0.4 is 0 Å². The predicted octanol–water partition coefficient (Wildman–Crippen LogP) is 6.80. The molecular weight excluding hydrogens is 415 g/mol. The van der Waals surface area contributed by atoms with E-state index in [9.17, 15) is 9.18 Å². The lowest BCUT2D eigenvalue weighted by atomic mass is 9.77. The van der Waals surface area contributed by atoms with Crippen LogP contribution in [0.5, 0.6) is 0 Å². The van der Waals surface area contributed by atoms with Crippen molar-refractivity contribution in [2.24, 2.45) is 5.92 Å². The Morgan fingerprint density at radius 1 is 1.03 bits per heavy atom. The SMILES string of the molecule is COC(=O)CC1CCC(c2ccc(C3=CC=C(c4nc5cc(F)ccc5[nH]4)CC3)cc2)CC1. The molecular formula is C28H29FN2O2. The molecule has 5 rings (SSSR count). The third-order valence-electron chi connectivity index (χ3n) is 7.18. The first-order valence-electron chi connectivity index (χ1n) is 11.8. The van der Waals surface area contributed by atoms with Crippen LogP contribution in [-0.4, -0.2) is 23.0 Å². The monoisotopic (exact) mass is 444 g/mol. The number of nitrogens with one attached hydrogen (secondary N) is 1. The molecule has 5 heteroatoms. The molecule has 33 heavy (non-hydrogen) atoms. The van der Waals surface area contributed by atoms with Crippen LogP contribution >= 0.6 is 0 Å². The Bertz CT molecular complexity index is 1210. The second-order valence-corrected chi connectivity index (χ2v) is 9.25. The number of carbonyl (C=O) groups is 1. The molecule has 170 valence electrons. The van der Waals surface area contributed by atoms with E-state index in [-0.39, 0.29) is 11.8 Å². The molecule has 1 fully saturated rings. The average Bonchev–Trinajstić information content (AvgIpc) is 3.28. The smallest absolute Gasteiger partial charge is 0.305 e. The third kappa shape index (κ3) is 4.77. The number of esters is 1. The molecule has 2 aliphatic carbocycles. The highest BCUT2D eigenvalue weighted by atomic mass is 19.1. The van der Waals surface area contributed by atoms with E-state index >= 15 is 0 Å². The normalized spacial score (nSPS) is 20.9. The number of aromatic amines is 1. The van der Waals surface area contributed by atoms with Gasteiger partial charge < -0.3 is 9.72 Å². The fraction of sp³-hybridized carbons (Fsp3) is 0.357. The minimum atomic E-state index is -0.266. The Hall–Kier alpha value is -3.21. The van der Waals surface area contributed by atoms with Crippen molar-refractivity contribution in [3.63, 3.8) is 0 Å². The van der Waals surface area contributed by atoms with Crippen LogP contribution in [0, 0.1) is 11.7 Å². The molecule has 3 aromatic rings. The number of aromatic nitrogens is 2. The van der Waals surface area contributed by atoms with Gasteiger partial charge in [0.15, 0.2) is 0 Å². The molecule has 0 amide bonds. The number of imidazole rings is 1. The highest BCUT2D eigenvalue weighted by molar-refractivity contribution is 5.81. The minimum Gasteiger partial charge on any atom is -0.469 e. The van der Waals surface area contributed by atoms with Crippen molar-refractivity contribution < 1.29 is 13.9 Å². The van der Waals surface area contributed by atoms with Crippen molar-refractivity contribution in [1.29, 1.82) is 0 Å². The molecule has 1 heterocycles. The first-order valence-corrected chi connectivity index (χ1v) is 11.8. The molecule has 2 aromatic carbocycles. The molecule has 0 saturated heterocycles. The summed E-state index contributed by atoms with van der Waals surface area (Å²) in [5.41, 5.74) is 6.66. The summed E-state index contributed by atoms with van der Waals surface area (Å²) in [6.45, 7) is 0. The summed E-state index contributed by atoms with van der Waals surface area (Å²) in [6, 6.07) is 13.7. The summed E-state index contributed by atoms with van der Waals surface area (Å²) in [4.78, 5) is 19.4. The minimum absolute atomic E-state index is 0.0880. The number of H-pyrrole nitrogens is 1. The van der Waals surface area contributed by atoms with Crippen LogP contribution in [0.3, 0.4) is 0 Å². The van der Waals surface area contributed by atoms with Gasteiger partial charge >= 0.3 is 5.97 Å². The van der Waals surface area contributed by atoms with Crippen LogP contribution in [0.2, 0.25) is 0 Å². The van der Waals surface area contributed by atoms with Gasteiger partial charge in [0.1, 0.15) is 11.6 Å². The van der Waals surface area contributed by atoms with Crippen molar-refractivity contribution in [3.8, 4) is 0 Å². The Labute approximate surface area is 193 Å². The molecule has 0 bridgehead atoms. The fourth-order valence-corrected chi connectivity index (χ4v) is 5.19. The number of halogens is 1. The lowest BCUT2D eigenvalue weighted by Crippen LogP contribution is -2.17. The van der Waals surface area contributed by atoms with Crippen LogP contribution in [0.25, 0.3) is 22.2 Å². The molecule has 0 spiro atoms. The predicted molar refractivity (Wildman–Crippen MR) is 129 cm³/mol. The first-order chi connectivity index (χ1) is 16.1. The van der Waals surface area contributed by atoms with E-state index in [1.807, 2.05) is 0 Å². The Balaban J connectivity index is 1.24. The summed E-state index contributed by atoms with van der Waals surface area (Å²) >= 11 is 0. The lowest BCUT2D eigenvalue weighted by Gasteiger charge is -2.28. The summed E-state index contributed by atoms with van der Waals surface area (Å²) in [5.74, 6) is 1.52. The molecule has 2 aliphatic rings. The summed E-state index contributed by atoms with van der Waals surface area (Å²) in [6.07, 6.45) is 11.2. The number of benzene rings is 2. The van der Waals surface area contributed by atoms with Gasteiger partial charge in [-0.3, -0.25) is 4.79 Å². The summed E-state index contributed by atoms with van der Waals surface area (Å²) in [7, 11) is 1.47. The third-order valence-corrected chi connectivity index (χ3v) is 7.18. The van der Waals surface area contributed by atoms with E-state index in [4.69, 9.17) is 4.74 Å². The summed E-state index contributed by atoms with van der Waals surface area (Å²) in [5, 5.41) is 0. The van der Waals surface area contributed by atoms with Gasteiger partial charge in [0.2, 0.25) is 0 Å². The Morgan fingerprint density at radius 2 is 1.76 bits per heavy atom. The van der Waals surface area contributed by atoms with E-state index in [1.165, 1.54) is 35.9 Å². The molecule has 0 aliphatic heterocycles. The van der Waals surface area contributed by atoms with E-state index in [0.29, 0.717) is 23.8 Å². The molecule has 1 aromatic heterocycles. The highest BCUT2D eigenvalue weighted by Crippen LogP contribution is 2.38. The quantitative estimate of drug-likeness (QED) is 0.440. The van der Waals surface area contributed by atoms with Crippen molar-refractivity contribution in [1.82, 2.24) is 9.97 Å². The molecule has 4 nitrogen and oxygen atoms in total. The number of nitrogens with zero attached hydrogens (tertiary/aromatic N) is 1. The lowest BCUT2D eigenvalue weighted by molar-refractivity contribution is -0.142. The maximum Gasteiger partial charge on any atom is 0.305 e. The van der Waals surface area contributed by atoms with Crippen LogP contribution in [-0.2, 0) is 9.53 Å². The van der Waals surface area contributed by atoms with Gasteiger partial charge in [-0.05, 0) is 84.8 Å². The van der Waals surface area contributed by atoms with Crippen LogP contribution in [0.15, 0.2) is 54.6 Å². The fourth-order valence-electron chi connectivity index (χ4n) is 5.19. The first kappa shape index (κ1) is 21.6. The van der Waals surface area contributed by atoms with Gasteiger partial charge in [0.05, 0.1) is 18.1 Å². The van der Waals surface area contributed by atoms with Gasteiger partial charge in [0.25, 0.3) is 0 Å². The van der Waals surface area contributed by atoms with Crippen molar-refractivity contribution in [2.45, 2.75) is 50.9 Å². The van der Waals surface area contributed by atoms with E-state index in [0.717, 1.165) is 55.4 Å². The maximum absolute atomic E-state index is 13.5. The highest BCUT2D eigenvalue weighted by Gasteiger charge is 2.24. The Morgan fingerprint density at radius 3 is 2.45 bits per heavy atom. The van der Waals surface area contributed by atoms with E-state index in [1.54, 1.807) is 6.07 Å². The van der Waals surface area contributed by atoms with Gasteiger partial charge in [0, 0.05) is 12.5 Å². The van der Waals surface area contributed by atoms with E-state index in [2.05, 4.69) is 46.4 Å². The largest absolute Gasteiger partial charge is 0.469 e. The number of hydrogen-bond acceptors (Lipinski definition) is 3. The van der Waals surface area contributed by atoms with Crippen molar-refractivity contribution in [3.05, 3.63) is 77.4 Å². The number of rotatable bonds is 5. The molecule has 0 atom stereocenters. The zero-order valence-corrected chi connectivity index (χ0v) is 18.9. The number of carbonyl (C=O) groups excluding carboxylic acids is 1. The number of ether oxygens (including phenoxy) is 1. The number of hydrogen-bond donors (Lipinski definition) is 1. The van der Waals surface area contributed by atoms with Gasteiger partial charge in [-0.1, -0.05) is 36.4 Å². The van der Waals surface area contributed by atoms with Gasteiger partial charge in [-0.25, -0.2) is 9.37 Å². The molecule has 0 unspecified atom stereocenters. The number of fused-ring (bicyclic) bond motifs is 1. The maximum atomic E-state index is 13.5. The topological polar surface area (TPSA) is 55.0 Å². The van der Waals surface area contributed by atoms with Crippen LogP contribution in [0.1, 0.15) is 67.8 Å². The number of methoxy groups -OCH3 is 1. The molecule has 0 radical (unpaired) electrons. The zero-order valence-electron chi connectivity index (χ0n) is 18.9. The van der Waals surface area contributed by atoms with Crippen molar-refractivity contribution >= 4 is 28.1 Å². The second-order valence-electron chi connectivity index (χ2n) is 9.25. The van der Waals surface area contributed by atoms with E-state index < -0.39 is 0 Å². The molecule has 1 N–H and O–H groups in total. The summed E-state index contributed by atoms with van der Waals surface area (Å²) < 4.78 is 18.3. The zero-order chi connectivity index (χ0) is 22.8. The van der Waals surface area contributed by atoms with Gasteiger partial charge in [-0.2, -0.15) is 0 Å². The standard InChI is InChI=1S/C28H29FN2O2/c1-33-27(32)16-18-2-4-19(5-3-18)20-6-8-21(9-7-20)22-10-12-23(13-11-22)28-30-25-15-14-24(29)17-26(25)31-28/h6-10,12,14-15,17-19H,2-5,11,13,16H2,1H3,(H,30,31). The van der Waals surface area contributed by atoms with Crippen LogP contribution in [0.4, 0.5) is 4.39 Å². The van der Waals surface area contributed by atoms with Gasteiger partial charge in [-0.15, -0.1) is 0 Å². The number of allylic oxidation sites excluding steroid dienone is 4. The average molecular weight is 445 g/mol. The Kier molecular flexibility index (Phi) is 6.12. The molecule has 1 saturated carbocycles. The van der Waals surface area contributed by atoms with Crippen molar-refractivity contribution in [2.75, 3.05) is 7.11 Å².